The first-order chi connectivity index (χ1) is 11.6. The van der Waals surface area contributed by atoms with Gasteiger partial charge in [-0.3, -0.25) is 0 Å². The second kappa shape index (κ2) is 6.69. The maximum atomic E-state index is 13.4. The number of para-hydroxylation sites is 2. The van der Waals surface area contributed by atoms with Gasteiger partial charge in [-0.15, -0.1) is 0 Å². The third-order valence-electron chi connectivity index (χ3n) is 3.21. The molecule has 5 nitrogen and oxygen atoms in total. The Morgan fingerprint density at radius 3 is 1.62 bits per heavy atom. The lowest BCUT2D eigenvalue weighted by molar-refractivity contribution is 0.395. The first kappa shape index (κ1) is 16.0. The molecule has 0 atom stereocenters. The number of rotatable bonds is 5. The Morgan fingerprint density at radius 2 is 1.17 bits per heavy atom. The second-order valence-electron chi connectivity index (χ2n) is 4.98. The summed E-state index contributed by atoms with van der Waals surface area (Å²) < 4.78 is 24.6. The fourth-order valence-electron chi connectivity index (χ4n) is 2.05. The van der Waals surface area contributed by atoms with Crippen molar-refractivity contribution in [2.45, 2.75) is 0 Å². The lowest BCUT2D eigenvalue weighted by Crippen LogP contribution is -2.14. The first-order valence-corrected chi connectivity index (χ1v) is 8.73. The lowest BCUT2D eigenvalue weighted by Gasteiger charge is -2.20. The molecule has 0 heterocycles. The quantitative estimate of drug-likeness (QED) is 0.540. The molecule has 0 aliphatic rings. The number of aromatic hydroxyl groups is 2. The van der Waals surface area contributed by atoms with E-state index in [-0.39, 0.29) is 11.1 Å². The molecule has 0 saturated carbocycles. The first-order valence-electron chi connectivity index (χ1n) is 7.19. The monoisotopic (exact) mass is 342 g/mol. The molecule has 0 saturated heterocycles. The number of phenolic OH excluding ortho intramolecular Hbond substituents is 2. The highest BCUT2D eigenvalue weighted by Gasteiger charge is 2.32. The molecule has 0 aliphatic carbocycles. The average molecular weight is 342 g/mol. The van der Waals surface area contributed by atoms with E-state index in [2.05, 4.69) is 0 Å². The largest absolute Gasteiger partial charge is 0.504 e. The number of benzene rings is 3. The fraction of sp³-hybridized carbons (Fsp3) is 0. The van der Waals surface area contributed by atoms with E-state index < -0.39 is 13.3 Å². The van der Waals surface area contributed by atoms with Crippen molar-refractivity contribution in [2.75, 3.05) is 0 Å². The Morgan fingerprint density at radius 1 is 0.667 bits per heavy atom. The van der Waals surface area contributed by atoms with E-state index in [4.69, 9.17) is 9.05 Å². The summed E-state index contributed by atoms with van der Waals surface area (Å²) in [6.07, 6.45) is 0. The summed E-state index contributed by atoms with van der Waals surface area (Å²) in [4.78, 5) is 0. The van der Waals surface area contributed by atoms with E-state index in [9.17, 15) is 14.8 Å². The highest BCUT2D eigenvalue weighted by atomic mass is 31.2. The zero-order valence-corrected chi connectivity index (χ0v) is 13.5. The Hall–Kier alpha value is -2.91. The minimum absolute atomic E-state index is 0.130. The molecule has 3 aromatic carbocycles. The number of phenols is 2. The molecular weight excluding hydrogens is 327 g/mol. The topological polar surface area (TPSA) is 76.0 Å². The van der Waals surface area contributed by atoms with Crippen LogP contribution in [0.5, 0.6) is 23.0 Å². The third kappa shape index (κ3) is 3.53. The minimum atomic E-state index is -3.83. The molecule has 0 aliphatic heterocycles. The van der Waals surface area contributed by atoms with Crippen LogP contribution < -0.4 is 14.4 Å². The summed E-state index contributed by atoms with van der Waals surface area (Å²) in [7, 11) is -3.83. The normalized spacial score (nSPS) is 11.0. The van der Waals surface area contributed by atoms with Crippen LogP contribution in [0.3, 0.4) is 0 Å². The van der Waals surface area contributed by atoms with E-state index in [1.54, 1.807) is 48.5 Å². The van der Waals surface area contributed by atoms with Gasteiger partial charge in [0.2, 0.25) is 0 Å². The van der Waals surface area contributed by atoms with Crippen LogP contribution in [-0.2, 0) is 4.57 Å². The summed E-state index contributed by atoms with van der Waals surface area (Å²) in [5.41, 5.74) is 0. The van der Waals surface area contributed by atoms with Crippen molar-refractivity contribution in [3.05, 3.63) is 78.9 Å². The van der Waals surface area contributed by atoms with Crippen LogP contribution in [0.25, 0.3) is 0 Å². The molecule has 0 unspecified atom stereocenters. The van der Waals surface area contributed by atoms with Crippen LogP contribution >= 0.6 is 7.60 Å². The maximum absolute atomic E-state index is 13.4. The predicted molar refractivity (Wildman–Crippen MR) is 91.2 cm³/mol. The van der Waals surface area contributed by atoms with Crippen LogP contribution in [0.4, 0.5) is 0 Å². The van der Waals surface area contributed by atoms with Gasteiger partial charge in [0, 0.05) is 6.07 Å². The number of hydrogen-bond donors (Lipinski definition) is 2. The van der Waals surface area contributed by atoms with Crippen molar-refractivity contribution in [3.8, 4) is 23.0 Å². The van der Waals surface area contributed by atoms with Crippen LogP contribution in [0, 0.1) is 0 Å². The predicted octanol–water partition coefficient (Wildman–Crippen LogP) is 4.07. The molecule has 0 amide bonds. The van der Waals surface area contributed by atoms with Crippen molar-refractivity contribution in [2.24, 2.45) is 0 Å². The van der Waals surface area contributed by atoms with Crippen LogP contribution in [0.15, 0.2) is 78.9 Å². The second-order valence-corrected chi connectivity index (χ2v) is 6.86. The summed E-state index contributed by atoms with van der Waals surface area (Å²) in [6, 6.07) is 21.0. The molecule has 122 valence electrons. The molecular formula is C18H15O5P. The van der Waals surface area contributed by atoms with Gasteiger partial charge in [-0.2, -0.15) is 0 Å². The lowest BCUT2D eigenvalue weighted by atomic mass is 10.3. The highest BCUT2D eigenvalue weighted by molar-refractivity contribution is 7.63. The molecule has 0 aromatic heterocycles. The van der Waals surface area contributed by atoms with E-state index in [1.807, 2.05) is 12.1 Å². The van der Waals surface area contributed by atoms with Gasteiger partial charge in [-0.05, 0) is 36.4 Å². The standard InChI is InChI=1S/C18H15O5P/c19-17-12-11-16(13-18(17)20)24(21,22-14-7-3-1-4-8-14)23-15-9-5-2-6-10-15/h1-13,19-20H. The van der Waals surface area contributed by atoms with Crippen LogP contribution in [-0.4, -0.2) is 10.2 Å². The van der Waals surface area contributed by atoms with Gasteiger partial charge in [-0.1, -0.05) is 36.4 Å². The van der Waals surface area contributed by atoms with Gasteiger partial charge in [0.1, 0.15) is 11.5 Å². The zero-order valence-electron chi connectivity index (χ0n) is 12.6. The van der Waals surface area contributed by atoms with E-state index >= 15 is 0 Å². The van der Waals surface area contributed by atoms with E-state index in [0.29, 0.717) is 11.5 Å². The smallest absolute Gasteiger partial charge is 0.462 e. The van der Waals surface area contributed by atoms with Crippen LogP contribution in [0.2, 0.25) is 0 Å². The van der Waals surface area contributed by atoms with E-state index in [0.717, 1.165) is 0 Å². The van der Waals surface area contributed by atoms with Crippen molar-refractivity contribution in [1.29, 1.82) is 0 Å². The zero-order chi connectivity index (χ0) is 17.0. The Labute approximate surface area is 139 Å². The third-order valence-corrected chi connectivity index (χ3v) is 5.03. The van der Waals surface area contributed by atoms with Crippen molar-refractivity contribution >= 4 is 12.9 Å². The summed E-state index contributed by atoms with van der Waals surface area (Å²) in [5, 5.41) is 19.3. The molecule has 3 aromatic rings. The summed E-state index contributed by atoms with van der Waals surface area (Å²) >= 11 is 0. The Bertz CT molecular complexity index is 820. The molecule has 24 heavy (non-hydrogen) atoms. The molecule has 2 N–H and O–H groups in total. The van der Waals surface area contributed by atoms with Gasteiger partial charge in [-0.25, -0.2) is 4.57 Å². The van der Waals surface area contributed by atoms with Crippen molar-refractivity contribution < 1.29 is 23.8 Å². The molecule has 0 bridgehead atoms. The molecule has 0 fully saturated rings. The number of hydrogen-bond acceptors (Lipinski definition) is 5. The van der Waals surface area contributed by atoms with Crippen molar-refractivity contribution in [1.82, 2.24) is 0 Å². The summed E-state index contributed by atoms with van der Waals surface area (Å²) in [6.45, 7) is 0. The highest BCUT2D eigenvalue weighted by Crippen LogP contribution is 2.48. The van der Waals surface area contributed by atoms with E-state index in [1.165, 1.54) is 18.2 Å². The summed E-state index contributed by atoms with van der Waals surface area (Å²) in [5.74, 6) is 0.0134. The fourth-order valence-corrected chi connectivity index (χ4v) is 3.63. The Kier molecular flexibility index (Phi) is 4.45. The minimum Gasteiger partial charge on any atom is -0.504 e. The Balaban J connectivity index is 2.02. The van der Waals surface area contributed by atoms with Gasteiger partial charge in [0.15, 0.2) is 11.5 Å². The molecule has 3 rings (SSSR count). The maximum Gasteiger partial charge on any atom is 0.462 e. The SMILES string of the molecule is O=P(Oc1ccccc1)(Oc1ccccc1)c1ccc(O)c(O)c1. The molecule has 6 heteroatoms. The van der Waals surface area contributed by atoms with Gasteiger partial charge < -0.3 is 19.3 Å². The molecule has 0 radical (unpaired) electrons. The van der Waals surface area contributed by atoms with Crippen LogP contribution in [0.1, 0.15) is 0 Å². The van der Waals surface area contributed by atoms with Gasteiger partial charge >= 0.3 is 7.60 Å². The van der Waals surface area contributed by atoms with Gasteiger partial charge in [0.25, 0.3) is 0 Å². The average Bonchev–Trinajstić information content (AvgIpc) is 2.59. The molecule has 0 spiro atoms. The van der Waals surface area contributed by atoms with Gasteiger partial charge in [0.05, 0.1) is 5.30 Å². The van der Waals surface area contributed by atoms with Crippen molar-refractivity contribution in [3.63, 3.8) is 0 Å².